The Kier molecular flexibility index (Phi) is 6.78. The molecule has 0 unspecified atom stereocenters. The van der Waals surface area contributed by atoms with Crippen LogP contribution in [0.15, 0.2) is 24.3 Å². The Morgan fingerprint density at radius 3 is 2.79 bits per heavy atom. The molecule has 3 aliphatic heterocycles. The predicted octanol–water partition coefficient (Wildman–Crippen LogP) is 1.73. The van der Waals surface area contributed by atoms with E-state index in [9.17, 15) is 14.0 Å². The number of piperidine rings is 3. The first kappa shape index (κ1) is 20.9. The van der Waals surface area contributed by atoms with Crippen LogP contribution >= 0.6 is 12.4 Å². The van der Waals surface area contributed by atoms with Crippen molar-refractivity contribution in [2.24, 2.45) is 11.8 Å². The van der Waals surface area contributed by atoms with Crippen molar-refractivity contribution in [2.45, 2.75) is 37.8 Å². The molecular formula is C20H27ClFN3O3. The summed E-state index contributed by atoms with van der Waals surface area (Å²) >= 11 is 0. The third kappa shape index (κ3) is 4.41. The number of carbonyl (C=O) groups excluding carboxylic acids is 2. The van der Waals surface area contributed by atoms with Gasteiger partial charge in [-0.25, -0.2) is 4.39 Å². The van der Waals surface area contributed by atoms with Crippen LogP contribution in [0.4, 0.5) is 4.39 Å². The molecule has 2 bridgehead atoms. The molecule has 0 aliphatic carbocycles. The second kappa shape index (κ2) is 9.09. The highest BCUT2D eigenvalue weighted by Crippen LogP contribution is 2.39. The van der Waals surface area contributed by atoms with E-state index in [2.05, 4.69) is 15.5 Å². The summed E-state index contributed by atoms with van der Waals surface area (Å²) in [7, 11) is 0. The third-order valence-electron chi connectivity index (χ3n) is 6.09. The fraction of sp³-hybridized carbons (Fsp3) is 0.600. The standard InChI is InChI=1S/C20H26FN3O3.ClH/c21-15-4-6-16(7-5-15)27-12-19(25)23-11-18-14-8-13(9-22-10-14)17-2-1-3-20(26)24(17)18;/h4-7,13-14,17-18,22H,1-3,8-12H2,(H,23,25);1H/t13-,14+,17+,18+;/m1./s1. The lowest BCUT2D eigenvalue weighted by atomic mass is 9.72. The monoisotopic (exact) mass is 411 g/mol. The van der Waals surface area contributed by atoms with Crippen LogP contribution in [0.2, 0.25) is 0 Å². The molecule has 3 fully saturated rings. The number of ether oxygens (including phenoxy) is 1. The zero-order valence-electron chi connectivity index (χ0n) is 15.7. The van der Waals surface area contributed by atoms with Crippen LogP contribution in [-0.4, -0.2) is 55.0 Å². The topological polar surface area (TPSA) is 70.7 Å². The number of nitrogens with one attached hydrogen (secondary N) is 2. The van der Waals surface area contributed by atoms with Crippen molar-refractivity contribution in [2.75, 3.05) is 26.2 Å². The van der Waals surface area contributed by atoms with Gasteiger partial charge in [0, 0.05) is 25.6 Å². The molecule has 154 valence electrons. The summed E-state index contributed by atoms with van der Waals surface area (Å²) < 4.78 is 18.3. The maximum absolute atomic E-state index is 12.9. The van der Waals surface area contributed by atoms with Gasteiger partial charge in [0.25, 0.3) is 5.91 Å². The number of hydrogen-bond acceptors (Lipinski definition) is 4. The number of halogens is 2. The number of fused-ring (bicyclic) bond motifs is 4. The van der Waals surface area contributed by atoms with Gasteiger partial charge in [0.2, 0.25) is 5.91 Å². The summed E-state index contributed by atoms with van der Waals surface area (Å²) in [5.74, 6) is 1.01. The Morgan fingerprint density at radius 1 is 1.25 bits per heavy atom. The van der Waals surface area contributed by atoms with E-state index in [1.807, 2.05) is 0 Å². The molecular weight excluding hydrogens is 385 g/mol. The minimum absolute atomic E-state index is 0. The van der Waals surface area contributed by atoms with E-state index in [-0.39, 0.29) is 42.7 Å². The second-order valence-electron chi connectivity index (χ2n) is 7.79. The average molecular weight is 412 g/mol. The Morgan fingerprint density at radius 2 is 2.00 bits per heavy atom. The van der Waals surface area contributed by atoms with Crippen molar-refractivity contribution in [3.05, 3.63) is 30.1 Å². The lowest BCUT2D eigenvalue weighted by Gasteiger charge is -2.54. The van der Waals surface area contributed by atoms with E-state index in [0.29, 0.717) is 36.6 Å². The molecule has 28 heavy (non-hydrogen) atoms. The lowest BCUT2D eigenvalue weighted by molar-refractivity contribution is -0.149. The van der Waals surface area contributed by atoms with Crippen LogP contribution in [0.1, 0.15) is 25.7 Å². The van der Waals surface area contributed by atoms with Gasteiger partial charge in [-0.05, 0) is 61.9 Å². The van der Waals surface area contributed by atoms with Gasteiger partial charge >= 0.3 is 0 Å². The molecule has 3 aliphatic rings. The van der Waals surface area contributed by atoms with Crippen molar-refractivity contribution in [3.63, 3.8) is 0 Å². The summed E-state index contributed by atoms with van der Waals surface area (Å²) in [4.78, 5) is 26.9. The largest absolute Gasteiger partial charge is 0.484 e. The van der Waals surface area contributed by atoms with Crippen LogP contribution in [0.25, 0.3) is 0 Å². The normalized spacial score (nSPS) is 28.8. The van der Waals surface area contributed by atoms with E-state index in [4.69, 9.17) is 4.74 Å². The average Bonchev–Trinajstić information content (AvgIpc) is 2.68. The van der Waals surface area contributed by atoms with E-state index in [1.165, 1.54) is 24.3 Å². The number of carbonyl (C=O) groups is 2. The van der Waals surface area contributed by atoms with Gasteiger partial charge in [0.05, 0.1) is 6.04 Å². The summed E-state index contributed by atoms with van der Waals surface area (Å²) in [6, 6.07) is 5.92. The van der Waals surface area contributed by atoms with Gasteiger partial charge in [0.15, 0.2) is 6.61 Å². The molecule has 0 radical (unpaired) electrons. The molecule has 0 saturated carbocycles. The maximum atomic E-state index is 12.9. The number of nitrogens with zero attached hydrogens (tertiary/aromatic N) is 1. The van der Waals surface area contributed by atoms with E-state index in [0.717, 1.165) is 32.4 Å². The van der Waals surface area contributed by atoms with E-state index >= 15 is 0 Å². The van der Waals surface area contributed by atoms with Gasteiger partial charge in [-0.15, -0.1) is 12.4 Å². The fourth-order valence-electron chi connectivity index (χ4n) is 4.85. The van der Waals surface area contributed by atoms with Crippen LogP contribution in [0.3, 0.4) is 0 Å². The highest BCUT2D eigenvalue weighted by atomic mass is 35.5. The first-order valence-electron chi connectivity index (χ1n) is 9.79. The first-order valence-corrected chi connectivity index (χ1v) is 9.79. The van der Waals surface area contributed by atoms with Crippen LogP contribution < -0.4 is 15.4 Å². The molecule has 0 aromatic heterocycles. The number of hydrogen-bond donors (Lipinski definition) is 2. The quantitative estimate of drug-likeness (QED) is 0.774. The maximum Gasteiger partial charge on any atom is 0.258 e. The van der Waals surface area contributed by atoms with Crippen molar-refractivity contribution in [1.29, 1.82) is 0 Å². The van der Waals surface area contributed by atoms with Crippen LogP contribution in [0.5, 0.6) is 5.75 Å². The highest BCUT2D eigenvalue weighted by Gasteiger charge is 2.47. The Balaban J connectivity index is 0.00000225. The molecule has 8 heteroatoms. The molecule has 2 amide bonds. The first-order chi connectivity index (χ1) is 13.1. The Hall–Kier alpha value is -1.86. The molecule has 1 aromatic carbocycles. The van der Waals surface area contributed by atoms with Gasteiger partial charge in [0.1, 0.15) is 11.6 Å². The lowest BCUT2D eigenvalue weighted by Crippen LogP contribution is -2.66. The highest BCUT2D eigenvalue weighted by molar-refractivity contribution is 5.85. The molecule has 2 N–H and O–H groups in total. The second-order valence-corrected chi connectivity index (χ2v) is 7.79. The molecule has 4 rings (SSSR count). The van der Waals surface area contributed by atoms with Gasteiger partial charge in [-0.3, -0.25) is 9.59 Å². The van der Waals surface area contributed by atoms with Gasteiger partial charge in [-0.2, -0.15) is 0 Å². The van der Waals surface area contributed by atoms with Crippen molar-refractivity contribution >= 4 is 24.2 Å². The molecule has 0 spiro atoms. The minimum atomic E-state index is -0.343. The predicted molar refractivity (Wildman–Crippen MR) is 105 cm³/mol. The Bertz CT molecular complexity index is 702. The van der Waals surface area contributed by atoms with Crippen molar-refractivity contribution in [3.8, 4) is 5.75 Å². The van der Waals surface area contributed by atoms with Crippen molar-refractivity contribution < 1.29 is 18.7 Å². The molecule has 1 aromatic rings. The molecule has 3 heterocycles. The summed E-state index contributed by atoms with van der Waals surface area (Å²) in [6.07, 6.45) is 3.75. The number of rotatable bonds is 5. The zero-order valence-corrected chi connectivity index (χ0v) is 16.6. The van der Waals surface area contributed by atoms with Gasteiger partial charge in [-0.1, -0.05) is 0 Å². The third-order valence-corrected chi connectivity index (χ3v) is 6.09. The molecule has 6 nitrogen and oxygen atoms in total. The molecule has 4 atom stereocenters. The van der Waals surface area contributed by atoms with E-state index in [1.54, 1.807) is 0 Å². The minimum Gasteiger partial charge on any atom is -0.484 e. The SMILES string of the molecule is Cl.O=C(COc1ccc(F)cc1)NC[C@H]1[C@@H]2CNC[C@@H](C2)[C@@H]2CCCC(=O)N21. The fourth-order valence-corrected chi connectivity index (χ4v) is 4.85. The number of benzene rings is 1. The van der Waals surface area contributed by atoms with Crippen LogP contribution in [-0.2, 0) is 9.59 Å². The number of amides is 2. The van der Waals surface area contributed by atoms with Gasteiger partial charge < -0.3 is 20.3 Å². The summed E-state index contributed by atoms with van der Waals surface area (Å²) in [5.41, 5.74) is 0. The molecule has 3 saturated heterocycles. The summed E-state index contributed by atoms with van der Waals surface area (Å²) in [6.45, 7) is 2.20. The smallest absolute Gasteiger partial charge is 0.258 e. The van der Waals surface area contributed by atoms with Crippen LogP contribution in [0, 0.1) is 17.7 Å². The Labute approximate surface area is 170 Å². The van der Waals surface area contributed by atoms with E-state index < -0.39 is 0 Å². The van der Waals surface area contributed by atoms with Crippen molar-refractivity contribution in [1.82, 2.24) is 15.5 Å². The zero-order chi connectivity index (χ0) is 18.8. The summed E-state index contributed by atoms with van der Waals surface area (Å²) in [5, 5.41) is 6.43.